The topological polar surface area (TPSA) is 80.7 Å². The zero-order chi connectivity index (χ0) is 14.1. The Morgan fingerprint density at radius 1 is 1.25 bits per heavy atom. The molecule has 0 aliphatic rings. The van der Waals surface area contributed by atoms with E-state index < -0.39 is 6.04 Å². The second-order valence-corrected chi connectivity index (χ2v) is 4.46. The second-order valence-electron chi connectivity index (χ2n) is 4.46. The van der Waals surface area contributed by atoms with Crippen LogP contribution < -0.4 is 5.73 Å². The summed E-state index contributed by atoms with van der Waals surface area (Å²) in [5, 5.41) is 6.95. The normalized spacial score (nSPS) is 12.6. The standard InChI is InChI=1S/C14H13FN4O/c1-8-11(6-7-20-8)13-17-14(19-18-13)12(16)9-2-4-10(15)5-3-9/h2-7,12H,16H2,1H3,(H,17,18,19)/t12-/m0/s1. The lowest BCUT2D eigenvalue weighted by molar-refractivity contribution is 0.535. The average molecular weight is 272 g/mol. The number of aromatic nitrogens is 3. The SMILES string of the molecule is Cc1occc1-c1n[nH]c([C@@H](N)c2ccc(F)cc2)n1. The quantitative estimate of drug-likeness (QED) is 0.767. The van der Waals surface area contributed by atoms with E-state index in [0.717, 1.165) is 16.9 Å². The molecule has 1 aromatic carbocycles. The number of hydrogen-bond acceptors (Lipinski definition) is 4. The molecular weight excluding hydrogens is 259 g/mol. The Balaban J connectivity index is 1.90. The van der Waals surface area contributed by atoms with E-state index in [2.05, 4.69) is 15.2 Å². The van der Waals surface area contributed by atoms with Gasteiger partial charge < -0.3 is 10.2 Å². The molecule has 0 bridgehead atoms. The fourth-order valence-corrected chi connectivity index (χ4v) is 1.98. The van der Waals surface area contributed by atoms with Gasteiger partial charge in [0.2, 0.25) is 0 Å². The summed E-state index contributed by atoms with van der Waals surface area (Å²) in [6.45, 7) is 1.84. The molecule has 2 heterocycles. The Morgan fingerprint density at radius 3 is 2.65 bits per heavy atom. The minimum Gasteiger partial charge on any atom is -0.469 e. The first-order valence-corrected chi connectivity index (χ1v) is 6.13. The van der Waals surface area contributed by atoms with Crippen LogP contribution in [0.3, 0.4) is 0 Å². The van der Waals surface area contributed by atoms with E-state index in [9.17, 15) is 4.39 Å². The van der Waals surface area contributed by atoms with Crippen molar-refractivity contribution in [1.29, 1.82) is 0 Å². The zero-order valence-electron chi connectivity index (χ0n) is 10.8. The van der Waals surface area contributed by atoms with Crippen LogP contribution in [0.2, 0.25) is 0 Å². The highest BCUT2D eigenvalue weighted by atomic mass is 19.1. The lowest BCUT2D eigenvalue weighted by Gasteiger charge is -2.07. The highest BCUT2D eigenvalue weighted by Gasteiger charge is 2.16. The first-order valence-electron chi connectivity index (χ1n) is 6.13. The van der Waals surface area contributed by atoms with Crippen LogP contribution in [-0.2, 0) is 0 Å². The molecule has 0 saturated heterocycles. The Bertz CT molecular complexity index is 717. The van der Waals surface area contributed by atoms with Crippen molar-refractivity contribution < 1.29 is 8.81 Å². The van der Waals surface area contributed by atoms with Gasteiger partial charge in [0.05, 0.1) is 17.9 Å². The van der Waals surface area contributed by atoms with E-state index in [1.54, 1.807) is 24.5 Å². The van der Waals surface area contributed by atoms with Gasteiger partial charge in [0.25, 0.3) is 0 Å². The molecule has 0 aliphatic heterocycles. The summed E-state index contributed by atoms with van der Waals surface area (Å²) >= 11 is 0. The van der Waals surface area contributed by atoms with Crippen LogP contribution in [0.1, 0.15) is 23.2 Å². The van der Waals surface area contributed by atoms with Crippen molar-refractivity contribution in [2.75, 3.05) is 0 Å². The van der Waals surface area contributed by atoms with Crippen LogP contribution in [0.25, 0.3) is 11.4 Å². The molecule has 0 aliphatic carbocycles. The second kappa shape index (κ2) is 4.90. The number of hydrogen-bond donors (Lipinski definition) is 2. The molecule has 3 aromatic rings. The summed E-state index contributed by atoms with van der Waals surface area (Å²) in [5.41, 5.74) is 7.67. The van der Waals surface area contributed by atoms with E-state index >= 15 is 0 Å². The molecule has 0 saturated carbocycles. The highest BCUT2D eigenvalue weighted by Crippen LogP contribution is 2.23. The zero-order valence-corrected chi connectivity index (χ0v) is 10.8. The predicted octanol–water partition coefficient (Wildman–Crippen LogP) is 2.56. The summed E-state index contributed by atoms with van der Waals surface area (Å²) in [5.74, 6) is 1.50. The largest absolute Gasteiger partial charge is 0.469 e. The van der Waals surface area contributed by atoms with Gasteiger partial charge in [-0.2, -0.15) is 5.10 Å². The molecule has 0 amide bonds. The van der Waals surface area contributed by atoms with Gasteiger partial charge in [0.1, 0.15) is 17.4 Å². The van der Waals surface area contributed by atoms with Crippen LogP contribution in [0.4, 0.5) is 4.39 Å². The van der Waals surface area contributed by atoms with E-state index in [4.69, 9.17) is 10.2 Å². The summed E-state index contributed by atoms with van der Waals surface area (Å²) in [4.78, 5) is 4.37. The van der Waals surface area contributed by atoms with Crippen LogP contribution >= 0.6 is 0 Å². The summed E-state index contributed by atoms with van der Waals surface area (Å²) < 4.78 is 18.1. The van der Waals surface area contributed by atoms with Crippen LogP contribution in [0, 0.1) is 12.7 Å². The number of furan rings is 1. The van der Waals surface area contributed by atoms with E-state index in [-0.39, 0.29) is 5.82 Å². The minimum atomic E-state index is -0.482. The van der Waals surface area contributed by atoms with Gasteiger partial charge in [0.15, 0.2) is 5.82 Å². The molecule has 102 valence electrons. The maximum atomic E-state index is 12.9. The Labute approximate surface area is 114 Å². The molecular formula is C14H13FN4O. The van der Waals surface area contributed by atoms with Gasteiger partial charge >= 0.3 is 0 Å². The third kappa shape index (κ3) is 2.21. The molecule has 2 aromatic heterocycles. The highest BCUT2D eigenvalue weighted by molar-refractivity contribution is 5.56. The van der Waals surface area contributed by atoms with Gasteiger partial charge in [0, 0.05) is 0 Å². The predicted molar refractivity (Wildman–Crippen MR) is 71.3 cm³/mol. The van der Waals surface area contributed by atoms with Gasteiger partial charge in [-0.1, -0.05) is 12.1 Å². The Kier molecular flexibility index (Phi) is 3.08. The molecule has 0 radical (unpaired) electrons. The fraction of sp³-hybridized carbons (Fsp3) is 0.143. The smallest absolute Gasteiger partial charge is 0.184 e. The van der Waals surface area contributed by atoms with Gasteiger partial charge in [-0.3, -0.25) is 5.10 Å². The number of H-pyrrole nitrogens is 1. The lowest BCUT2D eigenvalue weighted by atomic mass is 10.1. The number of benzene rings is 1. The van der Waals surface area contributed by atoms with Crippen LogP contribution in [0.15, 0.2) is 41.0 Å². The number of aromatic amines is 1. The number of aryl methyl sites for hydroxylation is 1. The van der Waals surface area contributed by atoms with E-state index in [1.165, 1.54) is 12.1 Å². The van der Waals surface area contributed by atoms with Crippen molar-refractivity contribution in [3.05, 3.63) is 59.6 Å². The van der Waals surface area contributed by atoms with Crippen molar-refractivity contribution >= 4 is 0 Å². The van der Waals surface area contributed by atoms with Crippen LogP contribution in [0.5, 0.6) is 0 Å². The molecule has 20 heavy (non-hydrogen) atoms. The van der Waals surface area contributed by atoms with Crippen molar-refractivity contribution in [1.82, 2.24) is 15.2 Å². The number of nitrogens with zero attached hydrogens (tertiary/aromatic N) is 2. The number of halogens is 1. The van der Waals surface area contributed by atoms with Gasteiger partial charge in [-0.05, 0) is 30.7 Å². The summed E-state index contributed by atoms with van der Waals surface area (Å²) in [7, 11) is 0. The van der Waals surface area contributed by atoms with Crippen molar-refractivity contribution in [2.45, 2.75) is 13.0 Å². The molecule has 1 atom stereocenters. The molecule has 3 N–H and O–H groups in total. The first kappa shape index (κ1) is 12.6. The maximum Gasteiger partial charge on any atom is 0.184 e. The van der Waals surface area contributed by atoms with Crippen molar-refractivity contribution in [2.24, 2.45) is 5.73 Å². The fourth-order valence-electron chi connectivity index (χ4n) is 1.98. The third-order valence-electron chi connectivity index (χ3n) is 3.13. The third-order valence-corrected chi connectivity index (χ3v) is 3.13. The van der Waals surface area contributed by atoms with E-state index in [1.807, 2.05) is 6.92 Å². The number of nitrogens with two attached hydrogens (primary N) is 1. The molecule has 3 rings (SSSR count). The Morgan fingerprint density at radius 2 is 2.00 bits per heavy atom. The minimum absolute atomic E-state index is 0.298. The van der Waals surface area contributed by atoms with Gasteiger partial charge in [-0.15, -0.1) is 0 Å². The first-order chi connectivity index (χ1) is 9.65. The van der Waals surface area contributed by atoms with Crippen molar-refractivity contribution in [3.63, 3.8) is 0 Å². The molecule has 5 nitrogen and oxygen atoms in total. The van der Waals surface area contributed by atoms with Crippen molar-refractivity contribution in [3.8, 4) is 11.4 Å². The summed E-state index contributed by atoms with van der Waals surface area (Å²) in [6.07, 6.45) is 1.58. The van der Waals surface area contributed by atoms with Gasteiger partial charge in [-0.25, -0.2) is 9.37 Å². The average Bonchev–Trinajstić information content (AvgIpc) is 3.07. The summed E-state index contributed by atoms with van der Waals surface area (Å²) in [6, 6.07) is 7.31. The lowest BCUT2D eigenvalue weighted by Crippen LogP contribution is -2.13. The van der Waals surface area contributed by atoms with Crippen LogP contribution in [-0.4, -0.2) is 15.2 Å². The maximum absolute atomic E-state index is 12.9. The molecule has 6 heteroatoms. The molecule has 0 unspecified atom stereocenters. The monoisotopic (exact) mass is 272 g/mol. The molecule has 0 fully saturated rings. The number of rotatable bonds is 3. The molecule has 0 spiro atoms. The Hall–Kier alpha value is -2.47. The van der Waals surface area contributed by atoms with E-state index in [0.29, 0.717) is 11.6 Å². The number of nitrogens with one attached hydrogen (secondary N) is 1.